The third-order valence-electron chi connectivity index (χ3n) is 5.02. The number of hydrogen-bond donors (Lipinski definition) is 2. The van der Waals surface area contributed by atoms with Gasteiger partial charge in [-0.15, -0.1) is 11.3 Å². The van der Waals surface area contributed by atoms with Crippen LogP contribution in [0.3, 0.4) is 0 Å². The van der Waals surface area contributed by atoms with E-state index in [1.54, 1.807) is 4.90 Å². The highest BCUT2D eigenvalue weighted by Crippen LogP contribution is 2.42. The molecule has 7 nitrogen and oxygen atoms in total. The summed E-state index contributed by atoms with van der Waals surface area (Å²) in [6.07, 6.45) is -2.01. The number of pyridine rings is 1. The monoisotopic (exact) mass is 469 g/mol. The lowest BCUT2D eigenvalue weighted by molar-refractivity contribution is -0.137. The number of anilines is 1. The second-order valence-electron chi connectivity index (χ2n) is 8.75. The molecular formula is C21H26F3N5O2S. The summed E-state index contributed by atoms with van der Waals surface area (Å²) in [6.45, 7) is 7.80. The van der Waals surface area contributed by atoms with Gasteiger partial charge in [-0.3, -0.25) is 9.59 Å². The number of nitrogens with one attached hydrogen (secondary N) is 2. The van der Waals surface area contributed by atoms with Gasteiger partial charge in [-0.2, -0.15) is 13.2 Å². The Labute approximate surface area is 188 Å². The molecule has 1 aliphatic heterocycles. The molecule has 1 fully saturated rings. The Morgan fingerprint density at radius 2 is 1.94 bits per heavy atom. The van der Waals surface area contributed by atoms with Gasteiger partial charge in [0.05, 0.1) is 10.4 Å². The molecule has 1 aliphatic rings. The number of hydrogen-bond acceptors (Lipinski definition) is 6. The summed E-state index contributed by atoms with van der Waals surface area (Å²) in [6, 6.07) is 0.867. The van der Waals surface area contributed by atoms with Gasteiger partial charge in [-0.1, -0.05) is 0 Å². The third-order valence-corrected chi connectivity index (χ3v) is 6.11. The molecule has 0 saturated carbocycles. The van der Waals surface area contributed by atoms with E-state index in [9.17, 15) is 22.8 Å². The molecule has 11 heteroatoms. The summed E-state index contributed by atoms with van der Waals surface area (Å²) in [5, 5.41) is 5.26. The van der Waals surface area contributed by atoms with Crippen molar-refractivity contribution in [3.8, 4) is 10.4 Å². The van der Waals surface area contributed by atoms with Gasteiger partial charge in [-0.05, 0) is 46.6 Å². The Morgan fingerprint density at radius 1 is 1.25 bits per heavy atom. The largest absolute Gasteiger partial charge is 0.417 e. The summed E-state index contributed by atoms with van der Waals surface area (Å²) in [5.74, 6) is -0.996. The van der Waals surface area contributed by atoms with Crippen molar-refractivity contribution in [3.05, 3.63) is 28.5 Å². The first-order chi connectivity index (χ1) is 14.8. The first-order valence-electron chi connectivity index (χ1n) is 10.2. The van der Waals surface area contributed by atoms with Gasteiger partial charge in [-0.25, -0.2) is 9.97 Å². The van der Waals surface area contributed by atoms with E-state index < -0.39 is 29.1 Å². The number of halogens is 3. The van der Waals surface area contributed by atoms with Crippen molar-refractivity contribution in [2.75, 3.05) is 18.9 Å². The molecule has 3 rings (SSSR count). The van der Waals surface area contributed by atoms with Gasteiger partial charge in [0.15, 0.2) is 5.01 Å². The molecule has 174 valence electrons. The van der Waals surface area contributed by atoms with Crippen molar-refractivity contribution < 1.29 is 22.8 Å². The van der Waals surface area contributed by atoms with Crippen molar-refractivity contribution in [3.63, 3.8) is 0 Å². The highest BCUT2D eigenvalue weighted by Gasteiger charge is 2.38. The first-order valence-corrected chi connectivity index (χ1v) is 11.0. The van der Waals surface area contributed by atoms with Crippen molar-refractivity contribution in [2.45, 2.75) is 58.3 Å². The number of rotatable bonds is 4. The minimum Gasteiger partial charge on any atom is -0.365 e. The topological polar surface area (TPSA) is 87.2 Å². The lowest BCUT2D eigenvalue weighted by atomic mass is 10.1. The van der Waals surface area contributed by atoms with E-state index in [2.05, 4.69) is 20.6 Å². The van der Waals surface area contributed by atoms with Crippen LogP contribution in [-0.2, 0) is 6.18 Å². The SMILES string of the molecule is CNC(=O)c1nc(C(=O)N2CCCC2C)c(-c2cnc(NC(C)(C)C)cc2C(F)(F)F)s1. The summed E-state index contributed by atoms with van der Waals surface area (Å²) >= 11 is 0.752. The predicted molar refractivity (Wildman–Crippen MR) is 117 cm³/mol. The summed E-state index contributed by atoms with van der Waals surface area (Å²) in [5.41, 5.74) is -1.89. The Hall–Kier alpha value is -2.69. The zero-order valence-electron chi connectivity index (χ0n) is 18.6. The quantitative estimate of drug-likeness (QED) is 0.692. The lowest BCUT2D eigenvalue weighted by Crippen LogP contribution is -2.34. The lowest BCUT2D eigenvalue weighted by Gasteiger charge is -2.23. The fraction of sp³-hybridized carbons (Fsp3) is 0.524. The van der Waals surface area contributed by atoms with Gasteiger partial charge in [0.1, 0.15) is 11.5 Å². The second kappa shape index (κ2) is 8.68. The molecule has 1 unspecified atom stereocenters. The summed E-state index contributed by atoms with van der Waals surface area (Å²) in [4.78, 5) is 35.2. The van der Waals surface area contributed by atoms with Crippen molar-refractivity contribution >= 4 is 29.0 Å². The minimum absolute atomic E-state index is 0.0187. The number of aromatic nitrogens is 2. The highest BCUT2D eigenvalue weighted by molar-refractivity contribution is 7.17. The zero-order valence-corrected chi connectivity index (χ0v) is 19.4. The molecule has 2 N–H and O–H groups in total. The Balaban J connectivity index is 2.18. The predicted octanol–water partition coefficient (Wildman–Crippen LogP) is 4.42. The van der Waals surface area contributed by atoms with Crippen molar-refractivity contribution in [1.29, 1.82) is 0 Å². The molecule has 0 radical (unpaired) electrons. The maximum atomic E-state index is 14.0. The van der Waals surface area contributed by atoms with Crippen LogP contribution in [0.25, 0.3) is 10.4 Å². The number of thiazole rings is 1. The van der Waals surface area contributed by atoms with Crippen LogP contribution in [0.2, 0.25) is 0 Å². The fourth-order valence-electron chi connectivity index (χ4n) is 3.55. The van der Waals surface area contributed by atoms with E-state index in [1.807, 2.05) is 27.7 Å². The van der Waals surface area contributed by atoms with Crippen LogP contribution in [0.1, 0.15) is 66.4 Å². The van der Waals surface area contributed by atoms with Crippen LogP contribution in [-0.4, -0.2) is 51.9 Å². The highest BCUT2D eigenvalue weighted by atomic mass is 32.1. The third kappa shape index (κ3) is 5.03. The normalized spacial score (nSPS) is 16.9. The second-order valence-corrected chi connectivity index (χ2v) is 9.75. The molecular weight excluding hydrogens is 443 g/mol. The van der Waals surface area contributed by atoms with Gasteiger partial charge in [0.2, 0.25) is 0 Å². The average molecular weight is 470 g/mol. The zero-order chi connectivity index (χ0) is 23.8. The maximum Gasteiger partial charge on any atom is 0.417 e. The number of carbonyl (C=O) groups is 2. The number of carbonyl (C=O) groups excluding carboxylic acids is 2. The van der Waals surface area contributed by atoms with Gasteiger partial charge in [0, 0.05) is 36.9 Å². The van der Waals surface area contributed by atoms with Gasteiger partial charge < -0.3 is 15.5 Å². The summed E-state index contributed by atoms with van der Waals surface area (Å²) in [7, 11) is 1.39. The number of likely N-dealkylation sites (tertiary alicyclic amines) is 1. The number of alkyl halides is 3. The number of amides is 2. The standard InChI is InChI=1S/C21H26F3N5O2S/c1-11-7-6-8-29(11)19(31)15-16(32-18(27-15)17(30)25-5)12-10-26-14(28-20(2,3)4)9-13(12)21(22,23)24/h9-11H,6-8H2,1-5H3,(H,25,30)(H,26,28). The molecule has 1 atom stereocenters. The van der Waals surface area contributed by atoms with Gasteiger partial charge in [0.25, 0.3) is 11.8 Å². The maximum absolute atomic E-state index is 14.0. The first kappa shape index (κ1) is 24.0. The molecule has 2 amide bonds. The Morgan fingerprint density at radius 3 is 2.47 bits per heavy atom. The minimum atomic E-state index is -4.70. The van der Waals surface area contributed by atoms with E-state index in [-0.39, 0.29) is 33.0 Å². The van der Waals surface area contributed by atoms with Crippen LogP contribution in [0, 0.1) is 0 Å². The molecule has 2 aromatic rings. The summed E-state index contributed by atoms with van der Waals surface area (Å²) < 4.78 is 42.1. The van der Waals surface area contributed by atoms with Crippen LogP contribution in [0.5, 0.6) is 0 Å². The van der Waals surface area contributed by atoms with E-state index in [1.165, 1.54) is 7.05 Å². The van der Waals surface area contributed by atoms with Gasteiger partial charge >= 0.3 is 6.18 Å². The molecule has 2 aromatic heterocycles. The molecule has 0 bridgehead atoms. The van der Waals surface area contributed by atoms with E-state index in [0.717, 1.165) is 36.4 Å². The van der Waals surface area contributed by atoms with Crippen LogP contribution in [0.15, 0.2) is 12.3 Å². The van der Waals surface area contributed by atoms with Crippen molar-refractivity contribution in [2.24, 2.45) is 0 Å². The van der Waals surface area contributed by atoms with Crippen LogP contribution in [0.4, 0.5) is 19.0 Å². The molecule has 3 heterocycles. The van der Waals surface area contributed by atoms with Crippen molar-refractivity contribution in [1.82, 2.24) is 20.2 Å². The fourth-order valence-corrected chi connectivity index (χ4v) is 4.57. The molecule has 1 saturated heterocycles. The molecule has 0 aromatic carbocycles. The smallest absolute Gasteiger partial charge is 0.365 e. The van der Waals surface area contributed by atoms with E-state index in [4.69, 9.17) is 0 Å². The molecule has 0 spiro atoms. The Bertz CT molecular complexity index is 1030. The van der Waals surface area contributed by atoms with Crippen LogP contribution >= 0.6 is 11.3 Å². The average Bonchev–Trinajstić information content (AvgIpc) is 3.31. The van der Waals surface area contributed by atoms with E-state index >= 15 is 0 Å². The molecule has 32 heavy (non-hydrogen) atoms. The molecule has 0 aliphatic carbocycles. The number of nitrogens with zero attached hydrogens (tertiary/aromatic N) is 3. The van der Waals surface area contributed by atoms with E-state index in [0.29, 0.717) is 6.54 Å². The Kier molecular flexibility index (Phi) is 6.50. The van der Waals surface area contributed by atoms with Crippen LogP contribution < -0.4 is 10.6 Å².